The van der Waals surface area contributed by atoms with Gasteiger partial charge >= 0.3 is 0 Å². The molecule has 0 fully saturated rings. The molecular weight excluding hydrogens is 336 g/mol. The molecule has 0 aliphatic heterocycles. The summed E-state index contributed by atoms with van der Waals surface area (Å²) in [6.45, 7) is 1.49. The van der Waals surface area contributed by atoms with Gasteiger partial charge in [-0.15, -0.1) is 0 Å². The highest BCUT2D eigenvalue weighted by Crippen LogP contribution is 2.41. The number of para-hydroxylation sites is 1. The maximum Gasteiger partial charge on any atom is 0.211 e. The smallest absolute Gasteiger partial charge is 0.211 e. The maximum atomic E-state index is 11.8. The van der Waals surface area contributed by atoms with E-state index >= 15 is 0 Å². The molecule has 0 spiro atoms. The summed E-state index contributed by atoms with van der Waals surface area (Å²) in [5.41, 5.74) is 0.484. The first kappa shape index (κ1) is 15.4. The lowest BCUT2D eigenvalue weighted by atomic mass is 10.1. The van der Waals surface area contributed by atoms with E-state index in [1.165, 1.54) is 6.92 Å². The molecule has 0 N–H and O–H groups in total. The average molecular weight is 351 g/mol. The van der Waals surface area contributed by atoms with Crippen LogP contribution in [0.2, 0.25) is 0 Å². The van der Waals surface area contributed by atoms with Crippen molar-refractivity contribution in [2.24, 2.45) is 0 Å². The van der Waals surface area contributed by atoms with Crippen LogP contribution in [-0.2, 0) is 0 Å². The number of rotatable bonds is 5. The van der Waals surface area contributed by atoms with Crippen LogP contribution in [0.15, 0.2) is 40.9 Å². The van der Waals surface area contributed by atoms with E-state index in [4.69, 9.17) is 14.2 Å². The van der Waals surface area contributed by atoms with Crippen molar-refractivity contribution in [2.45, 2.75) is 6.92 Å². The second-order valence-corrected chi connectivity index (χ2v) is 5.21. The summed E-state index contributed by atoms with van der Waals surface area (Å²) in [4.78, 5) is 11.8. The Balaban J connectivity index is 2.50. The van der Waals surface area contributed by atoms with Crippen molar-refractivity contribution >= 4 is 21.7 Å². The van der Waals surface area contributed by atoms with Gasteiger partial charge in [0.05, 0.1) is 19.8 Å². The SMILES string of the molecule is COc1cccc(OC)c1Oc1ccc(Br)cc1C(C)=O. The lowest BCUT2D eigenvalue weighted by Gasteiger charge is -2.15. The van der Waals surface area contributed by atoms with E-state index in [0.717, 1.165) is 4.47 Å². The highest BCUT2D eigenvalue weighted by atomic mass is 79.9. The fraction of sp³-hybridized carbons (Fsp3) is 0.188. The normalized spacial score (nSPS) is 10.1. The van der Waals surface area contributed by atoms with E-state index in [1.807, 2.05) is 6.07 Å². The van der Waals surface area contributed by atoms with E-state index in [0.29, 0.717) is 28.6 Å². The Labute approximate surface area is 131 Å². The fourth-order valence-corrected chi connectivity index (χ4v) is 2.26. The molecule has 0 atom stereocenters. The summed E-state index contributed by atoms with van der Waals surface area (Å²) in [5.74, 6) is 1.87. The number of benzene rings is 2. The van der Waals surface area contributed by atoms with Crippen LogP contribution in [0.25, 0.3) is 0 Å². The molecule has 0 aliphatic rings. The molecule has 0 amide bonds. The fourth-order valence-electron chi connectivity index (χ4n) is 1.89. The van der Waals surface area contributed by atoms with Crippen LogP contribution in [0.1, 0.15) is 17.3 Å². The van der Waals surface area contributed by atoms with E-state index < -0.39 is 0 Å². The lowest BCUT2D eigenvalue weighted by Crippen LogP contribution is -1.99. The van der Waals surface area contributed by atoms with Gasteiger partial charge in [0.15, 0.2) is 17.3 Å². The molecule has 4 nitrogen and oxygen atoms in total. The molecule has 21 heavy (non-hydrogen) atoms. The number of Topliss-reactive ketones (excluding diaryl/α,β-unsaturated/α-hetero) is 1. The Morgan fingerprint density at radius 1 is 1.00 bits per heavy atom. The Hall–Kier alpha value is -2.01. The van der Waals surface area contributed by atoms with Gasteiger partial charge in [-0.1, -0.05) is 22.0 Å². The van der Waals surface area contributed by atoms with Crippen LogP contribution >= 0.6 is 15.9 Å². The van der Waals surface area contributed by atoms with Gasteiger partial charge in [-0.3, -0.25) is 4.79 Å². The molecule has 0 saturated carbocycles. The lowest BCUT2D eigenvalue weighted by molar-refractivity contribution is 0.101. The number of carbonyl (C=O) groups is 1. The standard InChI is InChI=1S/C16H15BrO4/c1-10(18)12-9-11(17)7-8-13(12)21-16-14(19-2)5-4-6-15(16)20-3/h4-9H,1-3H3. The van der Waals surface area contributed by atoms with Gasteiger partial charge in [0.1, 0.15) is 5.75 Å². The first-order valence-corrected chi connectivity index (χ1v) is 7.05. The first-order chi connectivity index (χ1) is 10.1. The predicted octanol–water partition coefficient (Wildman–Crippen LogP) is 4.46. The third-order valence-electron chi connectivity index (χ3n) is 2.92. The van der Waals surface area contributed by atoms with Crippen LogP contribution in [0, 0.1) is 0 Å². The highest BCUT2D eigenvalue weighted by Gasteiger charge is 2.16. The van der Waals surface area contributed by atoms with Crippen molar-refractivity contribution in [1.29, 1.82) is 0 Å². The van der Waals surface area contributed by atoms with E-state index in [9.17, 15) is 4.79 Å². The van der Waals surface area contributed by atoms with Crippen molar-refractivity contribution in [3.05, 3.63) is 46.4 Å². The summed E-state index contributed by atoms with van der Waals surface area (Å²) < 4.78 is 17.3. The summed E-state index contributed by atoms with van der Waals surface area (Å²) >= 11 is 3.35. The van der Waals surface area contributed by atoms with Crippen LogP contribution in [0.3, 0.4) is 0 Å². The molecule has 0 unspecified atom stereocenters. The van der Waals surface area contributed by atoms with E-state index in [2.05, 4.69) is 15.9 Å². The largest absolute Gasteiger partial charge is 0.493 e. The van der Waals surface area contributed by atoms with Crippen molar-refractivity contribution in [2.75, 3.05) is 14.2 Å². The van der Waals surface area contributed by atoms with Crippen LogP contribution in [0.5, 0.6) is 23.0 Å². The number of carbonyl (C=O) groups excluding carboxylic acids is 1. The molecule has 0 heterocycles. The predicted molar refractivity (Wildman–Crippen MR) is 83.8 cm³/mol. The second-order valence-electron chi connectivity index (χ2n) is 4.29. The van der Waals surface area contributed by atoms with Crippen molar-refractivity contribution in [1.82, 2.24) is 0 Å². The van der Waals surface area contributed by atoms with Crippen LogP contribution in [-0.4, -0.2) is 20.0 Å². The highest BCUT2D eigenvalue weighted by molar-refractivity contribution is 9.10. The van der Waals surface area contributed by atoms with Gasteiger partial charge < -0.3 is 14.2 Å². The van der Waals surface area contributed by atoms with Gasteiger partial charge in [-0.2, -0.15) is 0 Å². The summed E-state index contributed by atoms with van der Waals surface area (Å²) in [7, 11) is 3.10. The minimum atomic E-state index is -0.0832. The molecule has 2 rings (SSSR count). The Kier molecular flexibility index (Phi) is 4.85. The summed E-state index contributed by atoms with van der Waals surface area (Å²) in [6.07, 6.45) is 0. The molecule has 0 radical (unpaired) electrons. The number of ether oxygens (including phenoxy) is 3. The molecule has 5 heteroatoms. The average Bonchev–Trinajstić information content (AvgIpc) is 2.48. The zero-order chi connectivity index (χ0) is 15.4. The van der Waals surface area contributed by atoms with Crippen molar-refractivity contribution in [3.63, 3.8) is 0 Å². The molecule has 0 aliphatic carbocycles. The van der Waals surface area contributed by atoms with Crippen molar-refractivity contribution in [3.8, 4) is 23.0 Å². The number of halogens is 1. The third-order valence-corrected chi connectivity index (χ3v) is 3.41. The molecule has 0 bridgehead atoms. The van der Waals surface area contributed by atoms with E-state index in [1.54, 1.807) is 44.6 Å². The Morgan fingerprint density at radius 2 is 1.62 bits per heavy atom. The zero-order valence-corrected chi connectivity index (χ0v) is 13.6. The summed E-state index contributed by atoms with van der Waals surface area (Å²) in [6, 6.07) is 10.6. The zero-order valence-electron chi connectivity index (χ0n) is 12.0. The number of methoxy groups -OCH3 is 2. The third kappa shape index (κ3) is 3.36. The second kappa shape index (κ2) is 6.63. The Morgan fingerprint density at radius 3 is 2.14 bits per heavy atom. The minimum Gasteiger partial charge on any atom is -0.493 e. The molecule has 0 aromatic heterocycles. The number of hydrogen-bond donors (Lipinski definition) is 0. The van der Waals surface area contributed by atoms with Gasteiger partial charge in [0.2, 0.25) is 5.75 Å². The first-order valence-electron chi connectivity index (χ1n) is 6.26. The number of ketones is 1. The van der Waals surface area contributed by atoms with Gasteiger partial charge in [0.25, 0.3) is 0 Å². The Bertz CT molecular complexity index is 645. The quantitative estimate of drug-likeness (QED) is 0.746. The van der Waals surface area contributed by atoms with Crippen molar-refractivity contribution < 1.29 is 19.0 Å². The van der Waals surface area contributed by atoms with Crippen LogP contribution < -0.4 is 14.2 Å². The topological polar surface area (TPSA) is 44.8 Å². The molecule has 2 aromatic rings. The van der Waals surface area contributed by atoms with Gasteiger partial charge in [-0.05, 0) is 37.3 Å². The van der Waals surface area contributed by atoms with Gasteiger partial charge in [-0.25, -0.2) is 0 Å². The molecule has 2 aromatic carbocycles. The molecular formula is C16H15BrO4. The van der Waals surface area contributed by atoms with Gasteiger partial charge in [0, 0.05) is 4.47 Å². The number of hydrogen-bond acceptors (Lipinski definition) is 4. The van der Waals surface area contributed by atoms with Crippen LogP contribution in [0.4, 0.5) is 0 Å². The van der Waals surface area contributed by atoms with E-state index in [-0.39, 0.29) is 5.78 Å². The monoisotopic (exact) mass is 350 g/mol. The minimum absolute atomic E-state index is 0.0832. The molecule has 0 saturated heterocycles. The maximum absolute atomic E-state index is 11.8. The molecule has 110 valence electrons. The summed E-state index contributed by atoms with van der Waals surface area (Å²) in [5, 5.41) is 0.